The van der Waals surface area contributed by atoms with Crippen LogP contribution in [0.4, 0.5) is 0 Å². The summed E-state index contributed by atoms with van der Waals surface area (Å²) in [5.74, 6) is 0. The first-order chi connectivity index (χ1) is 7.91. The molecule has 0 fully saturated rings. The first kappa shape index (κ1) is 15.9. The SMILES string of the molecule is CCCCCCCCCCONCCCN. The van der Waals surface area contributed by atoms with Crippen molar-refractivity contribution in [1.29, 1.82) is 0 Å². The second kappa shape index (κ2) is 14.9. The summed E-state index contributed by atoms with van der Waals surface area (Å²) >= 11 is 0. The lowest BCUT2D eigenvalue weighted by atomic mass is 10.1. The molecule has 3 nitrogen and oxygen atoms in total. The molecule has 0 aromatic heterocycles. The summed E-state index contributed by atoms with van der Waals surface area (Å²) in [5.41, 5.74) is 8.29. The van der Waals surface area contributed by atoms with E-state index in [1.165, 1.54) is 51.4 Å². The first-order valence-electron chi connectivity index (χ1n) is 6.96. The lowest BCUT2D eigenvalue weighted by Gasteiger charge is -2.05. The van der Waals surface area contributed by atoms with Crippen molar-refractivity contribution in [2.24, 2.45) is 5.73 Å². The smallest absolute Gasteiger partial charge is 0.0682 e. The van der Waals surface area contributed by atoms with Crippen molar-refractivity contribution in [2.45, 2.75) is 64.7 Å². The molecule has 0 saturated carbocycles. The number of rotatable bonds is 13. The predicted molar refractivity (Wildman–Crippen MR) is 70.2 cm³/mol. The number of unbranched alkanes of at least 4 members (excludes halogenated alkanes) is 7. The largest absolute Gasteiger partial charge is 0.330 e. The molecule has 16 heavy (non-hydrogen) atoms. The maximum Gasteiger partial charge on any atom is 0.0682 e. The van der Waals surface area contributed by atoms with Gasteiger partial charge < -0.3 is 10.6 Å². The number of hydrogen-bond donors (Lipinski definition) is 2. The van der Waals surface area contributed by atoms with E-state index >= 15 is 0 Å². The fourth-order valence-electron chi connectivity index (χ4n) is 1.63. The van der Waals surface area contributed by atoms with E-state index in [0.717, 1.165) is 26.1 Å². The van der Waals surface area contributed by atoms with Gasteiger partial charge in [-0.25, -0.2) is 5.48 Å². The number of hydrogen-bond acceptors (Lipinski definition) is 3. The van der Waals surface area contributed by atoms with Crippen molar-refractivity contribution >= 4 is 0 Å². The fourth-order valence-corrected chi connectivity index (χ4v) is 1.63. The van der Waals surface area contributed by atoms with Gasteiger partial charge in [0.2, 0.25) is 0 Å². The van der Waals surface area contributed by atoms with Gasteiger partial charge >= 0.3 is 0 Å². The average Bonchev–Trinajstić information content (AvgIpc) is 2.31. The van der Waals surface area contributed by atoms with Crippen LogP contribution >= 0.6 is 0 Å². The Balaban J connectivity index is 2.83. The van der Waals surface area contributed by atoms with Crippen molar-refractivity contribution in [3.05, 3.63) is 0 Å². The predicted octanol–water partition coefficient (Wildman–Crippen LogP) is 3.00. The summed E-state index contributed by atoms with van der Waals surface area (Å²) in [5, 5.41) is 0. The molecule has 0 heterocycles. The van der Waals surface area contributed by atoms with Crippen molar-refractivity contribution in [3.8, 4) is 0 Å². The molecule has 0 aromatic rings. The summed E-state index contributed by atoms with van der Waals surface area (Å²) in [6.45, 7) is 4.69. The zero-order valence-corrected chi connectivity index (χ0v) is 11.0. The molecule has 3 N–H and O–H groups in total. The van der Waals surface area contributed by atoms with Gasteiger partial charge in [-0.15, -0.1) is 0 Å². The zero-order chi connectivity index (χ0) is 11.9. The zero-order valence-electron chi connectivity index (χ0n) is 11.0. The van der Waals surface area contributed by atoms with Crippen molar-refractivity contribution in [3.63, 3.8) is 0 Å². The van der Waals surface area contributed by atoms with Gasteiger partial charge in [0.05, 0.1) is 6.61 Å². The van der Waals surface area contributed by atoms with E-state index in [1.807, 2.05) is 0 Å². The van der Waals surface area contributed by atoms with Crippen LogP contribution in [0.2, 0.25) is 0 Å². The molecule has 0 aliphatic heterocycles. The van der Waals surface area contributed by atoms with E-state index in [4.69, 9.17) is 10.6 Å². The average molecular weight is 230 g/mol. The Hall–Kier alpha value is -0.120. The highest BCUT2D eigenvalue weighted by Crippen LogP contribution is 2.07. The van der Waals surface area contributed by atoms with E-state index in [2.05, 4.69) is 12.4 Å². The molecular formula is C13H30N2O. The van der Waals surface area contributed by atoms with Crippen LogP contribution < -0.4 is 11.2 Å². The van der Waals surface area contributed by atoms with E-state index in [9.17, 15) is 0 Å². The van der Waals surface area contributed by atoms with Crippen LogP contribution in [-0.2, 0) is 4.84 Å². The molecule has 0 bridgehead atoms. The Morgan fingerprint density at radius 2 is 1.50 bits per heavy atom. The molecule has 98 valence electrons. The Morgan fingerprint density at radius 1 is 0.875 bits per heavy atom. The Morgan fingerprint density at radius 3 is 2.12 bits per heavy atom. The maximum atomic E-state index is 5.36. The third-order valence-corrected chi connectivity index (χ3v) is 2.68. The van der Waals surface area contributed by atoms with Crippen LogP contribution in [-0.4, -0.2) is 19.7 Å². The highest BCUT2D eigenvalue weighted by molar-refractivity contribution is 4.45. The molecule has 0 aromatic carbocycles. The van der Waals surface area contributed by atoms with Gasteiger partial charge in [-0.2, -0.15) is 0 Å². The normalized spacial score (nSPS) is 10.9. The third kappa shape index (κ3) is 13.9. The molecule has 0 amide bonds. The lowest BCUT2D eigenvalue weighted by molar-refractivity contribution is 0.0384. The third-order valence-electron chi connectivity index (χ3n) is 2.68. The van der Waals surface area contributed by atoms with E-state index in [0.29, 0.717) is 0 Å². The topological polar surface area (TPSA) is 47.3 Å². The second-order valence-corrected chi connectivity index (χ2v) is 4.36. The molecule has 0 aliphatic carbocycles. The standard InChI is InChI=1S/C13H30N2O/c1-2-3-4-5-6-7-8-9-13-16-15-12-10-11-14/h15H,2-14H2,1H3. The van der Waals surface area contributed by atoms with Crippen LogP contribution in [0.5, 0.6) is 0 Å². The van der Waals surface area contributed by atoms with E-state index in [-0.39, 0.29) is 0 Å². The van der Waals surface area contributed by atoms with Crippen LogP contribution in [0.1, 0.15) is 64.7 Å². The molecule has 3 heteroatoms. The Bertz CT molecular complexity index is 107. The van der Waals surface area contributed by atoms with Crippen molar-refractivity contribution in [2.75, 3.05) is 19.7 Å². The molecule has 0 radical (unpaired) electrons. The summed E-state index contributed by atoms with van der Waals surface area (Å²) in [6.07, 6.45) is 11.7. The minimum absolute atomic E-state index is 0.730. The highest BCUT2D eigenvalue weighted by Gasteiger charge is 1.92. The Labute approximate surface area is 101 Å². The summed E-state index contributed by atoms with van der Waals surface area (Å²) in [7, 11) is 0. The molecule has 0 aliphatic rings. The van der Waals surface area contributed by atoms with Crippen molar-refractivity contribution < 1.29 is 4.84 Å². The van der Waals surface area contributed by atoms with Gasteiger partial charge in [0.1, 0.15) is 0 Å². The lowest BCUT2D eigenvalue weighted by Crippen LogP contribution is -2.19. The minimum atomic E-state index is 0.730. The van der Waals surface area contributed by atoms with Gasteiger partial charge in [0.15, 0.2) is 0 Å². The van der Waals surface area contributed by atoms with Gasteiger partial charge in [-0.1, -0.05) is 51.9 Å². The quantitative estimate of drug-likeness (QED) is 0.378. The van der Waals surface area contributed by atoms with Gasteiger partial charge in [-0.3, -0.25) is 0 Å². The van der Waals surface area contributed by atoms with Crippen LogP contribution in [0.25, 0.3) is 0 Å². The molecule has 0 rings (SSSR count). The fraction of sp³-hybridized carbons (Fsp3) is 1.00. The van der Waals surface area contributed by atoms with E-state index in [1.54, 1.807) is 0 Å². The van der Waals surface area contributed by atoms with E-state index < -0.39 is 0 Å². The van der Waals surface area contributed by atoms with Crippen LogP contribution in [0.3, 0.4) is 0 Å². The maximum absolute atomic E-state index is 5.36. The minimum Gasteiger partial charge on any atom is -0.330 e. The molecular weight excluding hydrogens is 200 g/mol. The van der Waals surface area contributed by atoms with Gasteiger partial charge in [0.25, 0.3) is 0 Å². The summed E-state index contributed by atoms with van der Waals surface area (Å²) < 4.78 is 0. The second-order valence-electron chi connectivity index (χ2n) is 4.36. The summed E-state index contributed by atoms with van der Waals surface area (Å²) in [6, 6.07) is 0. The molecule has 0 atom stereocenters. The van der Waals surface area contributed by atoms with Gasteiger partial charge in [-0.05, 0) is 19.4 Å². The van der Waals surface area contributed by atoms with Crippen molar-refractivity contribution in [1.82, 2.24) is 5.48 Å². The van der Waals surface area contributed by atoms with Gasteiger partial charge in [0, 0.05) is 6.54 Å². The van der Waals surface area contributed by atoms with Crippen LogP contribution in [0.15, 0.2) is 0 Å². The monoisotopic (exact) mass is 230 g/mol. The van der Waals surface area contributed by atoms with Crippen LogP contribution in [0, 0.1) is 0 Å². The summed E-state index contributed by atoms with van der Waals surface area (Å²) in [4.78, 5) is 5.28. The molecule has 0 saturated heterocycles. The molecule has 0 unspecified atom stereocenters. The Kier molecular flexibility index (Phi) is 14.8. The first-order valence-corrected chi connectivity index (χ1v) is 6.96. The highest BCUT2D eigenvalue weighted by atomic mass is 16.6. The number of nitrogens with two attached hydrogens (primary N) is 1. The number of hydroxylamine groups is 1. The molecule has 0 spiro atoms. The number of nitrogens with one attached hydrogen (secondary N) is 1.